The van der Waals surface area contributed by atoms with Crippen molar-refractivity contribution in [1.29, 1.82) is 0 Å². The fraction of sp³-hybridized carbons (Fsp3) is 0.125. The number of rotatable bonds is 5. The Morgan fingerprint density at radius 1 is 0.862 bits per heavy atom. The predicted octanol–water partition coefficient (Wildman–Crippen LogP) is 5.57. The van der Waals surface area contributed by atoms with Crippen LogP contribution in [-0.4, -0.2) is 22.8 Å². The molecule has 0 saturated heterocycles. The summed E-state index contributed by atoms with van der Waals surface area (Å²) in [7, 11) is 0. The maximum absolute atomic E-state index is 11.9. The molecule has 144 valence electrons. The van der Waals surface area contributed by atoms with Gasteiger partial charge in [-0.05, 0) is 44.2 Å². The third kappa shape index (κ3) is 3.94. The molecule has 0 fully saturated rings. The topological polar surface area (TPSA) is 61.3 Å². The zero-order valence-corrected chi connectivity index (χ0v) is 16.3. The van der Waals surface area contributed by atoms with Gasteiger partial charge in [0, 0.05) is 16.3 Å². The van der Waals surface area contributed by atoms with Crippen LogP contribution in [0.4, 0.5) is 0 Å². The Morgan fingerprint density at radius 2 is 1.55 bits per heavy atom. The van der Waals surface area contributed by atoms with E-state index in [1.165, 1.54) is 0 Å². The molecule has 0 spiro atoms. The number of fused-ring (bicyclic) bond motifs is 1. The molecule has 5 heteroatoms. The SMILES string of the molecule is CCOC(=O)c1ccc(-c2nnc(Oc3ccc(C)cc3)c3ccccc23)cc1. The standard InChI is InChI=1S/C24H20N2O3/c1-3-28-24(27)18-12-10-17(11-13-18)22-20-6-4-5-7-21(20)23(26-25-22)29-19-14-8-16(2)9-15-19/h4-15H,3H2,1-2H3. The van der Waals surface area contributed by atoms with Crippen LogP contribution < -0.4 is 4.74 Å². The highest BCUT2D eigenvalue weighted by Gasteiger charge is 2.13. The van der Waals surface area contributed by atoms with Gasteiger partial charge >= 0.3 is 5.97 Å². The van der Waals surface area contributed by atoms with Gasteiger partial charge < -0.3 is 9.47 Å². The van der Waals surface area contributed by atoms with Gasteiger partial charge in [0.25, 0.3) is 0 Å². The van der Waals surface area contributed by atoms with Crippen molar-refractivity contribution in [2.24, 2.45) is 0 Å². The molecule has 0 aliphatic heterocycles. The molecule has 0 amide bonds. The number of esters is 1. The second-order valence-corrected chi connectivity index (χ2v) is 6.61. The van der Waals surface area contributed by atoms with E-state index in [1.807, 2.05) is 67.6 Å². The molecule has 0 N–H and O–H groups in total. The van der Waals surface area contributed by atoms with Crippen LogP contribution in [0.5, 0.6) is 11.6 Å². The number of aryl methyl sites for hydroxylation is 1. The minimum absolute atomic E-state index is 0.336. The second-order valence-electron chi connectivity index (χ2n) is 6.61. The summed E-state index contributed by atoms with van der Waals surface area (Å²) in [6.45, 7) is 4.16. The number of hydrogen-bond donors (Lipinski definition) is 0. The van der Waals surface area contributed by atoms with Crippen molar-refractivity contribution in [1.82, 2.24) is 10.2 Å². The van der Waals surface area contributed by atoms with Gasteiger partial charge in [0.2, 0.25) is 5.88 Å². The molecular formula is C24H20N2O3. The lowest BCUT2D eigenvalue weighted by molar-refractivity contribution is 0.0526. The van der Waals surface area contributed by atoms with Crippen LogP contribution in [-0.2, 0) is 4.74 Å². The maximum atomic E-state index is 11.9. The zero-order chi connectivity index (χ0) is 20.2. The summed E-state index contributed by atoms with van der Waals surface area (Å²) < 4.78 is 11.0. The first kappa shape index (κ1) is 18.6. The lowest BCUT2D eigenvalue weighted by Gasteiger charge is -2.11. The first-order chi connectivity index (χ1) is 14.2. The van der Waals surface area contributed by atoms with E-state index in [2.05, 4.69) is 10.2 Å². The molecule has 0 aliphatic rings. The maximum Gasteiger partial charge on any atom is 0.338 e. The summed E-state index contributed by atoms with van der Waals surface area (Å²) >= 11 is 0. The van der Waals surface area contributed by atoms with Crippen LogP contribution in [0.1, 0.15) is 22.8 Å². The van der Waals surface area contributed by atoms with Gasteiger partial charge in [0.15, 0.2) is 0 Å². The highest BCUT2D eigenvalue weighted by Crippen LogP contribution is 2.33. The molecule has 0 aliphatic carbocycles. The van der Waals surface area contributed by atoms with Crippen LogP contribution in [0.25, 0.3) is 22.0 Å². The number of benzene rings is 3. The van der Waals surface area contributed by atoms with Gasteiger partial charge in [0.1, 0.15) is 11.4 Å². The lowest BCUT2D eigenvalue weighted by Crippen LogP contribution is -2.04. The molecule has 0 saturated carbocycles. The molecule has 1 heterocycles. The normalized spacial score (nSPS) is 10.7. The smallest absolute Gasteiger partial charge is 0.338 e. The van der Waals surface area contributed by atoms with E-state index in [9.17, 15) is 4.79 Å². The fourth-order valence-corrected chi connectivity index (χ4v) is 3.06. The average Bonchev–Trinajstić information content (AvgIpc) is 2.76. The zero-order valence-electron chi connectivity index (χ0n) is 16.3. The van der Waals surface area contributed by atoms with Gasteiger partial charge in [-0.1, -0.05) is 48.0 Å². The molecular weight excluding hydrogens is 364 g/mol. The Balaban J connectivity index is 1.71. The molecule has 0 atom stereocenters. The Hall–Kier alpha value is -3.73. The number of hydrogen-bond acceptors (Lipinski definition) is 5. The lowest BCUT2D eigenvalue weighted by atomic mass is 10.0. The van der Waals surface area contributed by atoms with E-state index in [4.69, 9.17) is 9.47 Å². The Bertz CT molecular complexity index is 1150. The van der Waals surface area contributed by atoms with Gasteiger partial charge in [-0.3, -0.25) is 0 Å². The quantitative estimate of drug-likeness (QED) is 0.421. The van der Waals surface area contributed by atoms with E-state index in [0.29, 0.717) is 23.8 Å². The molecule has 0 bridgehead atoms. The van der Waals surface area contributed by atoms with Crippen molar-refractivity contribution in [3.63, 3.8) is 0 Å². The predicted molar refractivity (Wildman–Crippen MR) is 112 cm³/mol. The van der Waals surface area contributed by atoms with Crippen LogP contribution >= 0.6 is 0 Å². The van der Waals surface area contributed by atoms with Crippen molar-refractivity contribution in [2.75, 3.05) is 6.61 Å². The van der Waals surface area contributed by atoms with Crippen molar-refractivity contribution in [3.05, 3.63) is 83.9 Å². The summed E-state index contributed by atoms with van der Waals surface area (Å²) in [5.41, 5.74) is 3.26. The molecule has 1 aromatic heterocycles. The highest BCUT2D eigenvalue weighted by molar-refractivity contribution is 5.97. The third-order valence-electron chi connectivity index (χ3n) is 4.56. The van der Waals surface area contributed by atoms with Crippen molar-refractivity contribution in [2.45, 2.75) is 13.8 Å². The second kappa shape index (κ2) is 8.10. The monoisotopic (exact) mass is 384 g/mol. The summed E-state index contributed by atoms with van der Waals surface area (Å²) in [4.78, 5) is 11.9. The third-order valence-corrected chi connectivity index (χ3v) is 4.56. The van der Waals surface area contributed by atoms with Crippen LogP contribution in [0.15, 0.2) is 72.8 Å². The molecule has 4 aromatic rings. The fourth-order valence-electron chi connectivity index (χ4n) is 3.06. The average molecular weight is 384 g/mol. The first-order valence-corrected chi connectivity index (χ1v) is 9.43. The number of nitrogens with zero attached hydrogens (tertiary/aromatic N) is 2. The minimum atomic E-state index is -0.336. The summed E-state index contributed by atoms with van der Waals surface area (Å²) in [5.74, 6) is 0.828. The highest BCUT2D eigenvalue weighted by atomic mass is 16.5. The Labute approximate surface area is 168 Å². The van der Waals surface area contributed by atoms with Crippen LogP contribution in [0, 0.1) is 6.92 Å². The van der Waals surface area contributed by atoms with Crippen molar-refractivity contribution >= 4 is 16.7 Å². The summed E-state index contributed by atoms with van der Waals surface area (Å²) in [5, 5.41) is 10.5. The van der Waals surface area contributed by atoms with Crippen molar-refractivity contribution in [3.8, 4) is 22.9 Å². The van der Waals surface area contributed by atoms with E-state index >= 15 is 0 Å². The van der Waals surface area contributed by atoms with Crippen LogP contribution in [0.3, 0.4) is 0 Å². The largest absolute Gasteiger partial charge is 0.462 e. The molecule has 4 rings (SSSR count). The Morgan fingerprint density at radius 3 is 2.24 bits per heavy atom. The van der Waals surface area contributed by atoms with Crippen LogP contribution in [0.2, 0.25) is 0 Å². The molecule has 5 nitrogen and oxygen atoms in total. The first-order valence-electron chi connectivity index (χ1n) is 9.43. The number of carbonyl (C=O) groups is 1. The summed E-state index contributed by atoms with van der Waals surface area (Å²) in [6.07, 6.45) is 0. The van der Waals surface area contributed by atoms with Gasteiger partial charge in [-0.2, -0.15) is 0 Å². The van der Waals surface area contributed by atoms with E-state index in [0.717, 1.165) is 27.6 Å². The summed E-state index contributed by atoms with van der Waals surface area (Å²) in [6, 6.07) is 22.8. The molecule has 0 unspecified atom stereocenters. The van der Waals surface area contributed by atoms with Gasteiger partial charge in [0.05, 0.1) is 12.2 Å². The van der Waals surface area contributed by atoms with E-state index in [1.54, 1.807) is 19.1 Å². The van der Waals surface area contributed by atoms with Crippen molar-refractivity contribution < 1.29 is 14.3 Å². The van der Waals surface area contributed by atoms with E-state index in [-0.39, 0.29) is 5.97 Å². The molecule has 3 aromatic carbocycles. The number of ether oxygens (including phenoxy) is 2. The number of carbonyl (C=O) groups excluding carboxylic acids is 1. The minimum Gasteiger partial charge on any atom is -0.462 e. The van der Waals surface area contributed by atoms with E-state index < -0.39 is 0 Å². The molecule has 0 radical (unpaired) electrons. The number of aromatic nitrogens is 2. The molecule has 29 heavy (non-hydrogen) atoms. The Kier molecular flexibility index (Phi) is 5.20. The van der Waals surface area contributed by atoms with Gasteiger partial charge in [-0.15, -0.1) is 10.2 Å². The van der Waals surface area contributed by atoms with Gasteiger partial charge in [-0.25, -0.2) is 4.79 Å².